The Bertz CT molecular complexity index is 464. The van der Waals surface area contributed by atoms with Crippen LogP contribution in [0, 0.1) is 39.9 Å². The molecule has 0 aliphatic heterocycles. The first-order valence-electron chi connectivity index (χ1n) is 6.05. The second kappa shape index (κ2) is 21.4. The van der Waals surface area contributed by atoms with E-state index in [2.05, 4.69) is 33.6 Å². The van der Waals surface area contributed by atoms with Gasteiger partial charge in [0, 0.05) is 16.7 Å². The molecule has 0 saturated carbocycles. The fraction of sp³-hybridized carbons (Fsp3) is 0.400. The van der Waals surface area contributed by atoms with Crippen molar-refractivity contribution in [3.63, 3.8) is 0 Å². The van der Waals surface area contributed by atoms with Crippen molar-refractivity contribution in [2.45, 2.75) is 34.1 Å². The Labute approximate surface area is 140 Å². The van der Waals surface area contributed by atoms with E-state index in [0.717, 1.165) is 6.42 Å². The number of allylic oxidation sites excluding steroid dienone is 3. The molecule has 0 aromatic rings. The van der Waals surface area contributed by atoms with Crippen molar-refractivity contribution in [1.82, 2.24) is 0 Å². The third-order valence-electron chi connectivity index (χ3n) is 1.19. The summed E-state index contributed by atoms with van der Waals surface area (Å²) in [6, 6.07) is 5.67. The fourth-order valence-electron chi connectivity index (χ4n) is 0.538. The number of rotatable bonds is 2. The van der Waals surface area contributed by atoms with Crippen molar-refractivity contribution in [3.05, 3.63) is 36.5 Å². The summed E-state index contributed by atoms with van der Waals surface area (Å²) in [4.78, 5) is 0. The summed E-state index contributed by atoms with van der Waals surface area (Å²) in [7, 11) is 0. The van der Waals surface area contributed by atoms with Crippen LogP contribution >= 0.6 is 0 Å². The first-order valence-corrected chi connectivity index (χ1v) is 8.08. The molecule has 0 heterocycles. The summed E-state index contributed by atoms with van der Waals surface area (Å²) in [5, 5.41) is 23.8. The van der Waals surface area contributed by atoms with Crippen LogP contribution in [0.2, 0.25) is 0 Å². The minimum absolute atomic E-state index is 0.558. The van der Waals surface area contributed by atoms with Crippen LogP contribution in [0.25, 0.3) is 0 Å². The quantitative estimate of drug-likeness (QED) is 0.586. The molecule has 22 heavy (non-hydrogen) atoms. The maximum absolute atomic E-state index is 8.81. The molecule has 0 aliphatic rings. The van der Waals surface area contributed by atoms with Gasteiger partial charge in [-0.3, -0.25) is 0 Å². The van der Waals surface area contributed by atoms with E-state index < -0.39 is 18.6 Å². The van der Waals surface area contributed by atoms with E-state index in [-0.39, 0.29) is 0 Å². The Morgan fingerprint density at radius 2 is 1.23 bits per heavy atom. The molecule has 0 amide bonds. The van der Waals surface area contributed by atoms with Crippen LogP contribution < -0.4 is 0 Å². The van der Waals surface area contributed by atoms with Crippen molar-refractivity contribution in [2.24, 2.45) is 5.92 Å². The maximum atomic E-state index is 8.81. The van der Waals surface area contributed by atoms with E-state index in [4.69, 9.17) is 26.5 Å². The van der Waals surface area contributed by atoms with Gasteiger partial charge in [-0.1, -0.05) is 33.6 Å². The Morgan fingerprint density at radius 3 is 1.27 bits per heavy atom. The molecule has 7 heteroatoms. The van der Waals surface area contributed by atoms with Gasteiger partial charge in [0.2, 0.25) is 0 Å². The predicted molar refractivity (Wildman–Crippen MR) is 80.2 cm³/mol. The molecular formula is C15H23N3O3Ti. The zero-order chi connectivity index (χ0) is 18.7. The van der Waals surface area contributed by atoms with Crippen LogP contribution in [0.3, 0.4) is 0 Å². The number of nitriles is 3. The summed E-state index contributed by atoms with van der Waals surface area (Å²) in [6.45, 7) is 17.7. The summed E-state index contributed by atoms with van der Waals surface area (Å²) < 4.78 is 23.2. The van der Waals surface area contributed by atoms with Gasteiger partial charge in [0.05, 0.1) is 18.2 Å². The molecule has 0 fully saturated rings. The second-order valence-corrected chi connectivity index (χ2v) is 5.26. The van der Waals surface area contributed by atoms with E-state index in [9.17, 15) is 0 Å². The van der Waals surface area contributed by atoms with Gasteiger partial charge < -0.3 is 0 Å². The fourth-order valence-corrected chi connectivity index (χ4v) is 0.538. The van der Waals surface area contributed by atoms with Crippen LogP contribution in [0.5, 0.6) is 0 Å². The number of hydrogen-bond donors (Lipinski definition) is 2. The molecule has 0 atom stereocenters. The topological polar surface area (TPSA) is 129 Å². The van der Waals surface area contributed by atoms with Crippen molar-refractivity contribution >= 4 is 0 Å². The summed E-state index contributed by atoms with van der Waals surface area (Å²) in [6.07, 6.45) is 0.830. The van der Waals surface area contributed by atoms with Crippen LogP contribution in [0.1, 0.15) is 34.1 Å². The van der Waals surface area contributed by atoms with Crippen LogP contribution in [0.4, 0.5) is 0 Å². The van der Waals surface area contributed by atoms with Gasteiger partial charge >= 0.3 is 29.3 Å². The molecular weight excluding hydrogens is 318 g/mol. The molecule has 0 rings (SSSR count). The van der Waals surface area contributed by atoms with Gasteiger partial charge in [0.1, 0.15) is 0 Å². The molecule has 2 N–H and O–H groups in total. The van der Waals surface area contributed by atoms with E-state index in [1.54, 1.807) is 13.8 Å². The minimum atomic E-state index is -3.58. The zero-order valence-electron chi connectivity index (χ0n) is 13.6. The summed E-state index contributed by atoms with van der Waals surface area (Å²) in [5.74, 6) is 0.558. The monoisotopic (exact) mass is 341 g/mol. The van der Waals surface area contributed by atoms with Crippen molar-refractivity contribution < 1.29 is 29.3 Å². The second-order valence-electron chi connectivity index (χ2n) is 4.38. The molecule has 0 unspecified atom stereocenters. The molecule has 0 saturated heterocycles. The van der Waals surface area contributed by atoms with Crippen LogP contribution in [0.15, 0.2) is 36.5 Å². The first-order chi connectivity index (χ1) is 9.94. The number of hydrogen-bond acceptors (Lipinski definition) is 4. The van der Waals surface area contributed by atoms with E-state index >= 15 is 0 Å². The Balaban J connectivity index is -0.000000102. The predicted octanol–water partition coefficient (Wildman–Crippen LogP) is 3.05. The van der Waals surface area contributed by atoms with E-state index in [1.807, 2.05) is 18.2 Å². The van der Waals surface area contributed by atoms with Gasteiger partial charge in [-0.2, -0.15) is 15.8 Å². The molecule has 120 valence electrons. The average Bonchev–Trinajstić information content (AvgIpc) is 2.38. The van der Waals surface area contributed by atoms with E-state index in [0.29, 0.717) is 22.6 Å². The van der Waals surface area contributed by atoms with Gasteiger partial charge in [-0.25, -0.2) is 0 Å². The molecule has 6 nitrogen and oxygen atoms in total. The third kappa shape index (κ3) is 80.5. The van der Waals surface area contributed by atoms with Crippen molar-refractivity contribution in [3.8, 4) is 18.2 Å². The van der Waals surface area contributed by atoms with Gasteiger partial charge in [-0.05, 0) is 26.2 Å². The molecule has 0 spiro atoms. The van der Waals surface area contributed by atoms with E-state index in [1.165, 1.54) is 0 Å². The van der Waals surface area contributed by atoms with Crippen LogP contribution in [-0.2, 0) is 21.9 Å². The first kappa shape index (κ1) is 28.3. The summed E-state index contributed by atoms with van der Waals surface area (Å²) >= 11 is -3.58. The Hall–Kier alpha value is -1.88. The Morgan fingerprint density at radius 1 is 1.00 bits per heavy atom. The normalized spacial score (nSPS) is 6.91. The molecule has 0 aromatic carbocycles. The SMILES string of the molecule is C=C(C#N)CC(C)C.C=C(C)C#N.C=C(C)C#N.[O]=[Ti]([OH])[OH]. The molecule has 0 bridgehead atoms. The summed E-state index contributed by atoms with van der Waals surface area (Å²) in [5.41, 5.74) is 1.80. The zero-order valence-corrected chi connectivity index (χ0v) is 15.1. The van der Waals surface area contributed by atoms with Crippen LogP contribution in [-0.4, -0.2) is 7.38 Å². The van der Waals surface area contributed by atoms with Gasteiger partial charge in [0.15, 0.2) is 0 Å². The third-order valence-corrected chi connectivity index (χ3v) is 1.19. The average molecular weight is 341 g/mol. The van der Waals surface area contributed by atoms with Crippen molar-refractivity contribution in [1.29, 1.82) is 15.8 Å². The molecule has 0 aliphatic carbocycles. The molecule has 0 radical (unpaired) electrons. The standard InChI is InChI=1S/C7H11N.2C4H5N.2H2O.O.Ti/c1-6(2)4-7(3)5-8;2*1-4(2)3-5;;;;/h6H,3-4H2,1-2H3;2*1H2,2H3;2*1H2;;/q;;;;;;+2/p-2. The number of nitrogens with zero attached hydrogens (tertiary/aromatic N) is 3. The van der Waals surface area contributed by atoms with Gasteiger partial charge in [-0.15, -0.1) is 0 Å². The molecule has 0 aromatic heterocycles. The van der Waals surface area contributed by atoms with Crippen molar-refractivity contribution in [2.75, 3.05) is 0 Å². The van der Waals surface area contributed by atoms with Gasteiger partial charge in [0.25, 0.3) is 0 Å². The Kier molecular flexibility index (Phi) is 27.6.